The summed E-state index contributed by atoms with van der Waals surface area (Å²) in [5.74, 6) is 1.05. The van der Waals surface area contributed by atoms with Gasteiger partial charge in [0, 0.05) is 23.2 Å². The molecule has 0 saturated heterocycles. The molecule has 94 valence electrons. The topological polar surface area (TPSA) is 22.1 Å². The second-order valence-corrected chi connectivity index (χ2v) is 5.38. The quantitative estimate of drug-likeness (QED) is 0.546. The lowest BCUT2D eigenvalue weighted by Crippen LogP contribution is -1.87. The zero-order valence-electron chi connectivity index (χ0n) is 9.28. The van der Waals surface area contributed by atoms with E-state index in [2.05, 4.69) is 4.98 Å². The maximum atomic E-state index is 6.12. The first-order chi connectivity index (χ1) is 8.60. The standard InChI is InChI=1S/C12H8Cl3NOS/c1-18-11-6-8(13)10(5-9(11)14)17-7-2-3-16-12(15)4-7/h2-6H,1H3. The van der Waals surface area contributed by atoms with Crippen molar-refractivity contribution in [2.75, 3.05) is 6.26 Å². The number of aromatic nitrogens is 1. The van der Waals surface area contributed by atoms with Crippen LogP contribution in [0.4, 0.5) is 0 Å². The van der Waals surface area contributed by atoms with E-state index in [-0.39, 0.29) is 0 Å². The first-order valence-corrected chi connectivity index (χ1v) is 7.28. The largest absolute Gasteiger partial charge is 0.456 e. The summed E-state index contributed by atoms with van der Waals surface area (Å²) in [6.45, 7) is 0. The van der Waals surface area contributed by atoms with Gasteiger partial charge in [0.2, 0.25) is 0 Å². The highest BCUT2D eigenvalue weighted by molar-refractivity contribution is 7.98. The predicted molar refractivity (Wildman–Crippen MR) is 77.6 cm³/mol. The predicted octanol–water partition coefficient (Wildman–Crippen LogP) is 5.56. The molecule has 0 amide bonds. The first kappa shape index (κ1) is 13.8. The summed E-state index contributed by atoms with van der Waals surface area (Å²) in [6.07, 6.45) is 3.49. The van der Waals surface area contributed by atoms with Crippen molar-refractivity contribution in [1.82, 2.24) is 4.98 Å². The Morgan fingerprint density at radius 3 is 2.56 bits per heavy atom. The molecule has 1 heterocycles. The van der Waals surface area contributed by atoms with Crippen molar-refractivity contribution in [2.24, 2.45) is 0 Å². The van der Waals surface area contributed by atoms with Crippen LogP contribution in [0.2, 0.25) is 15.2 Å². The van der Waals surface area contributed by atoms with Crippen LogP contribution >= 0.6 is 46.6 Å². The lowest BCUT2D eigenvalue weighted by atomic mass is 10.3. The van der Waals surface area contributed by atoms with Gasteiger partial charge >= 0.3 is 0 Å². The smallest absolute Gasteiger partial charge is 0.147 e. The van der Waals surface area contributed by atoms with Gasteiger partial charge in [0.25, 0.3) is 0 Å². The van der Waals surface area contributed by atoms with Crippen molar-refractivity contribution in [1.29, 1.82) is 0 Å². The minimum absolute atomic E-state index is 0.357. The average molecular weight is 321 g/mol. The maximum absolute atomic E-state index is 6.12. The summed E-state index contributed by atoms with van der Waals surface area (Å²) in [5.41, 5.74) is 0. The molecule has 0 atom stereocenters. The molecule has 0 spiro atoms. The molecule has 6 heteroatoms. The molecular formula is C12H8Cl3NOS. The van der Waals surface area contributed by atoms with Crippen LogP contribution in [-0.4, -0.2) is 11.2 Å². The van der Waals surface area contributed by atoms with Gasteiger partial charge in [0.05, 0.1) is 10.0 Å². The number of benzene rings is 1. The third-order valence-electron chi connectivity index (χ3n) is 2.13. The van der Waals surface area contributed by atoms with Crippen LogP contribution in [0.1, 0.15) is 0 Å². The Bertz CT molecular complexity index is 577. The van der Waals surface area contributed by atoms with Gasteiger partial charge in [-0.25, -0.2) is 4.98 Å². The van der Waals surface area contributed by atoms with E-state index < -0.39 is 0 Å². The second-order valence-electron chi connectivity index (χ2n) is 3.33. The Balaban J connectivity index is 2.32. The molecule has 0 aliphatic carbocycles. The Morgan fingerprint density at radius 1 is 1.11 bits per heavy atom. The minimum atomic E-state index is 0.357. The lowest BCUT2D eigenvalue weighted by molar-refractivity contribution is 0.482. The molecule has 0 saturated carbocycles. The number of ether oxygens (including phenoxy) is 1. The SMILES string of the molecule is CSc1cc(Cl)c(Oc2ccnc(Cl)c2)cc1Cl. The number of thioether (sulfide) groups is 1. The molecule has 1 aromatic carbocycles. The highest BCUT2D eigenvalue weighted by Crippen LogP contribution is 2.37. The fraction of sp³-hybridized carbons (Fsp3) is 0.0833. The van der Waals surface area contributed by atoms with E-state index in [1.165, 1.54) is 11.8 Å². The van der Waals surface area contributed by atoms with E-state index in [0.29, 0.717) is 26.7 Å². The summed E-state index contributed by atoms with van der Waals surface area (Å²) in [4.78, 5) is 4.78. The number of rotatable bonds is 3. The van der Waals surface area contributed by atoms with Crippen LogP contribution in [0, 0.1) is 0 Å². The fourth-order valence-corrected chi connectivity index (χ4v) is 2.63. The second kappa shape index (κ2) is 6.02. The normalized spacial score (nSPS) is 10.4. The van der Waals surface area contributed by atoms with Crippen molar-refractivity contribution in [3.8, 4) is 11.5 Å². The summed E-state index contributed by atoms with van der Waals surface area (Å²) in [7, 11) is 0. The fourth-order valence-electron chi connectivity index (χ4n) is 1.32. The molecule has 0 aliphatic rings. The number of hydrogen-bond acceptors (Lipinski definition) is 3. The molecule has 2 rings (SSSR count). The summed E-state index contributed by atoms with van der Waals surface area (Å²) >= 11 is 19.5. The molecule has 0 fully saturated rings. The summed E-state index contributed by atoms with van der Waals surface area (Å²) in [5, 5.41) is 1.45. The van der Waals surface area contributed by atoms with Gasteiger partial charge in [-0.1, -0.05) is 34.8 Å². The Morgan fingerprint density at radius 2 is 1.89 bits per heavy atom. The molecule has 0 bridgehead atoms. The van der Waals surface area contributed by atoms with Crippen LogP contribution in [0.15, 0.2) is 35.4 Å². The van der Waals surface area contributed by atoms with Crippen LogP contribution < -0.4 is 4.74 Å². The van der Waals surface area contributed by atoms with Crippen LogP contribution in [0.3, 0.4) is 0 Å². The number of halogens is 3. The number of nitrogens with zero attached hydrogens (tertiary/aromatic N) is 1. The van der Waals surface area contributed by atoms with Crippen molar-refractivity contribution in [2.45, 2.75) is 4.90 Å². The Hall–Kier alpha value is -0.610. The van der Waals surface area contributed by atoms with Gasteiger partial charge in [0.15, 0.2) is 0 Å². The van der Waals surface area contributed by atoms with Gasteiger partial charge in [-0.2, -0.15) is 0 Å². The molecule has 0 unspecified atom stereocenters. The highest BCUT2D eigenvalue weighted by atomic mass is 35.5. The zero-order valence-corrected chi connectivity index (χ0v) is 12.4. The van der Waals surface area contributed by atoms with Crippen molar-refractivity contribution >= 4 is 46.6 Å². The summed E-state index contributed by atoms with van der Waals surface area (Å²) < 4.78 is 5.62. The van der Waals surface area contributed by atoms with Gasteiger partial charge in [-0.15, -0.1) is 11.8 Å². The van der Waals surface area contributed by atoms with E-state index in [1.54, 1.807) is 30.5 Å². The molecular weight excluding hydrogens is 313 g/mol. The van der Waals surface area contributed by atoms with E-state index >= 15 is 0 Å². The molecule has 2 aromatic rings. The van der Waals surface area contributed by atoms with Crippen molar-refractivity contribution < 1.29 is 4.74 Å². The molecule has 0 aliphatic heterocycles. The lowest BCUT2D eigenvalue weighted by Gasteiger charge is -2.10. The van der Waals surface area contributed by atoms with E-state index in [1.807, 2.05) is 6.26 Å². The number of pyridine rings is 1. The first-order valence-electron chi connectivity index (χ1n) is 4.92. The monoisotopic (exact) mass is 319 g/mol. The van der Waals surface area contributed by atoms with Crippen molar-refractivity contribution in [3.63, 3.8) is 0 Å². The van der Waals surface area contributed by atoms with Gasteiger partial charge < -0.3 is 4.74 Å². The molecule has 0 radical (unpaired) electrons. The van der Waals surface area contributed by atoms with Crippen LogP contribution in [-0.2, 0) is 0 Å². The minimum Gasteiger partial charge on any atom is -0.456 e. The molecule has 18 heavy (non-hydrogen) atoms. The average Bonchev–Trinajstić information content (AvgIpc) is 2.33. The molecule has 2 nitrogen and oxygen atoms in total. The molecule has 1 aromatic heterocycles. The van der Waals surface area contributed by atoms with Gasteiger partial charge in [0.1, 0.15) is 16.7 Å². The van der Waals surface area contributed by atoms with Crippen LogP contribution in [0.25, 0.3) is 0 Å². The summed E-state index contributed by atoms with van der Waals surface area (Å²) in [6, 6.07) is 6.75. The van der Waals surface area contributed by atoms with Crippen LogP contribution in [0.5, 0.6) is 11.5 Å². The third-order valence-corrected chi connectivity index (χ3v) is 3.84. The Kier molecular flexibility index (Phi) is 4.62. The van der Waals surface area contributed by atoms with Gasteiger partial charge in [-0.3, -0.25) is 0 Å². The van der Waals surface area contributed by atoms with Gasteiger partial charge in [-0.05, 0) is 18.4 Å². The van der Waals surface area contributed by atoms with E-state index in [4.69, 9.17) is 39.5 Å². The van der Waals surface area contributed by atoms with E-state index in [0.717, 1.165) is 4.90 Å². The maximum Gasteiger partial charge on any atom is 0.147 e. The third kappa shape index (κ3) is 3.23. The van der Waals surface area contributed by atoms with E-state index in [9.17, 15) is 0 Å². The molecule has 0 N–H and O–H groups in total. The zero-order chi connectivity index (χ0) is 13.1. The number of hydrogen-bond donors (Lipinski definition) is 0. The highest BCUT2D eigenvalue weighted by Gasteiger charge is 2.09. The Labute approximate surface area is 124 Å². The van der Waals surface area contributed by atoms with Crippen molar-refractivity contribution in [3.05, 3.63) is 45.7 Å².